The smallest absolute Gasteiger partial charge is 0.329 e. The summed E-state index contributed by atoms with van der Waals surface area (Å²) in [7, 11) is 0. The van der Waals surface area contributed by atoms with Crippen molar-refractivity contribution in [3.05, 3.63) is 107 Å². The lowest BCUT2D eigenvalue weighted by molar-refractivity contribution is -0.144. The Morgan fingerprint density at radius 2 is 1.54 bits per heavy atom. The van der Waals surface area contributed by atoms with E-state index >= 15 is 0 Å². The van der Waals surface area contributed by atoms with Crippen molar-refractivity contribution in [3.8, 4) is 0 Å². The van der Waals surface area contributed by atoms with E-state index in [1.165, 1.54) is 0 Å². The average molecular weight is 497 g/mol. The second-order valence-corrected chi connectivity index (χ2v) is 10.3. The van der Waals surface area contributed by atoms with Crippen LogP contribution >= 0.6 is 0 Å². The quantitative estimate of drug-likeness (QED) is 0.248. The van der Waals surface area contributed by atoms with Crippen LogP contribution in [-0.2, 0) is 21.4 Å². The summed E-state index contributed by atoms with van der Waals surface area (Å²) in [6.07, 6.45) is 2.04. The van der Waals surface area contributed by atoms with Crippen LogP contribution in [0.1, 0.15) is 58.2 Å². The van der Waals surface area contributed by atoms with E-state index in [0.717, 1.165) is 27.6 Å². The number of rotatable bonds is 8. The number of carbonyl (C=O) groups is 3. The number of nitrogens with one attached hydrogen (secondary N) is 2. The molecule has 3 aromatic carbocycles. The molecule has 1 amide bonds. The first-order valence-electron chi connectivity index (χ1n) is 12.3. The fraction of sp³-hybridized carbons (Fsp3) is 0.258. The number of esters is 1. The first kappa shape index (κ1) is 25.9. The third-order valence-corrected chi connectivity index (χ3v) is 6.42. The Labute approximate surface area is 217 Å². The zero-order valence-electron chi connectivity index (χ0n) is 21.6. The van der Waals surface area contributed by atoms with E-state index in [9.17, 15) is 14.4 Å². The fourth-order valence-corrected chi connectivity index (χ4v) is 4.14. The Morgan fingerprint density at radius 1 is 0.892 bits per heavy atom. The van der Waals surface area contributed by atoms with Crippen LogP contribution < -0.4 is 5.32 Å². The van der Waals surface area contributed by atoms with Crippen molar-refractivity contribution in [1.82, 2.24) is 10.3 Å². The second kappa shape index (κ2) is 10.8. The maximum absolute atomic E-state index is 13.1. The van der Waals surface area contributed by atoms with Crippen LogP contribution in [0.4, 0.5) is 0 Å². The van der Waals surface area contributed by atoms with Crippen LogP contribution in [-0.4, -0.2) is 35.3 Å². The van der Waals surface area contributed by atoms with Gasteiger partial charge in [0, 0.05) is 34.6 Å². The number of amides is 1. The van der Waals surface area contributed by atoms with E-state index in [4.69, 9.17) is 4.74 Å². The van der Waals surface area contributed by atoms with Gasteiger partial charge in [-0.25, -0.2) is 4.79 Å². The number of ketones is 1. The predicted octanol–water partition coefficient (Wildman–Crippen LogP) is 5.54. The van der Waals surface area contributed by atoms with E-state index in [2.05, 4.69) is 31.1 Å². The maximum atomic E-state index is 13.1. The predicted molar refractivity (Wildman–Crippen MR) is 145 cm³/mol. The Balaban J connectivity index is 1.52. The summed E-state index contributed by atoms with van der Waals surface area (Å²) in [5.41, 5.74) is 4.81. The zero-order valence-corrected chi connectivity index (χ0v) is 21.6. The maximum Gasteiger partial charge on any atom is 0.329 e. The summed E-state index contributed by atoms with van der Waals surface area (Å²) in [6, 6.07) is 21.2. The molecule has 37 heavy (non-hydrogen) atoms. The number of aryl methyl sites for hydroxylation is 1. The summed E-state index contributed by atoms with van der Waals surface area (Å²) in [4.78, 5) is 42.0. The molecule has 1 aromatic heterocycles. The van der Waals surface area contributed by atoms with Gasteiger partial charge in [-0.2, -0.15) is 0 Å². The molecule has 0 radical (unpaired) electrons. The molecule has 2 N–H and O–H groups in total. The fourth-order valence-electron chi connectivity index (χ4n) is 4.14. The molecule has 4 aromatic rings. The van der Waals surface area contributed by atoms with Gasteiger partial charge in [-0.05, 0) is 41.7 Å². The Kier molecular flexibility index (Phi) is 7.58. The topological polar surface area (TPSA) is 88.3 Å². The molecule has 0 bridgehead atoms. The summed E-state index contributed by atoms with van der Waals surface area (Å²) < 4.78 is 5.40. The molecule has 0 fully saturated rings. The van der Waals surface area contributed by atoms with Crippen molar-refractivity contribution in [2.45, 2.75) is 45.6 Å². The number of ether oxygens (including phenoxy) is 1. The van der Waals surface area contributed by atoms with Gasteiger partial charge in [0.15, 0.2) is 12.4 Å². The van der Waals surface area contributed by atoms with Crippen molar-refractivity contribution >= 4 is 28.6 Å². The monoisotopic (exact) mass is 496 g/mol. The van der Waals surface area contributed by atoms with Crippen LogP contribution in [0.3, 0.4) is 0 Å². The highest BCUT2D eigenvalue weighted by Gasteiger charge is 2.26. The molecular weight excluding hydrogens is 464 g/mol. The number of benzene rings is 3. The summed E-state index contributed by atoms with van der Waals surface area (Å²) >= 11 is 0. The summed E-state index contributed by atoms with van der Waals surface area (Å²) in [5, 5.41) is 3.78. The highest BCUT2D eigenvalue weighted by molar-refractivity contribution is 5.99. The Morgan fingerprint density at radius 3 is 2.22 bits per heavy atom. The van der Waals surface area contributed by atoms with E-state index in [1.54, 1.807) is 24.3 Å². The van der Waals surface area contributed by atoms with Gasteiger partial charge in [-0.1, -0.05) is 80.9 Å². The number of para-hydroxylation sites is 1. The van der Waals surface area contributed by atoms with Crippen LogP contribution in [0.25, 0.3) is 10.9 Å². The minimum atomic E-state index is -0.972. The SMILES string of the molecule is Cc1ccc(C(=O)COC(=O)[C@H](Cc2c[nH]c3ccccc23)NC(=O)c2ccc(C(C)(C)C)cc2)cc1. The van der Waals surface area contributed by atoms with Crippen LogP contribution in [0, 0.1) is 6.92 Å². The summed E-state index contributed by atoms with van der Waals surface area (Å²) in [6.45, 7) is 7.85. The molecule has 1 heterocycles. The van der Waals surface area contributed by atoms with Crippen molar-refractivity contribution in [1.29, 1.82) is 0 Å². The number of fused-ring (bicyclic) bond motifs is 1. The Bertz CT molecular complexity index is 1410. The molecule has 1 atom stereocenters. The molecule has 4 rings (SSSR count). The van der Waals surface area contributed by atoms with Crippen LogP contribution in [0.2, 0.25) is 0 Å². The molecular formula is C31H32N2O4. The van der Waals surface area contributed by atoms with Crippen LogP contribution in [0.15, 0.2) is 79.0 Å². The number of Topliss-reactive ketones (excluding diaryl/α,β-unsaturated/α-hetero) is 1. The van der Waals surface area contributed by atoms with Gasteiger partial charge in [0.1, 0.15) is 6.04 Å². The number of hydrogen-bond acceptors (Lipinski definition) is 4. The van der Waals surface area contributed by atoms with Crippen molar-refractivity contribution in [2.75, 3.05) is 6.61 Å². The second-order valence-electron chi connectivity index (χ2n) is 10.3. The van der Waals surface area contributed by atoms with Crippen molar-refractivity contribution in [2.24, 2.45) is 0 Å². The van der Waals surface area contributed by atoms with Crippen LogP contribution in [0.5, 0.6) is 0 Å². The summed E-state index contributed by atoms with van der Waals surface area (Å²) in [5.74, 6) is -1.35. The molecule has 0 aliphatic rings. The lowest BCUT2D eigenvalue weighted by Crippen LogP contribution is -2.43. The van der Waals surface area contributed by atoms with E-state index in [-0.39, 0.29) is 23.5 Å². The molecule has 0 spiro atoms. The zero-order chi connectivity index (χ0) is 26.6. The molecule has 0 unspecified atom stereocenters. The highest BCUT2D eigenvalue weighted by Crippen LogP contribution is 2.23. The van der Waals surface area contributed by atoms with Crippen molar-refractivity contribution in [3.63, 3.8) is 0 Å². The molecule has 0 aliphatic heterocycles. The normalized spacial score (nSPS) is 12.2. The molecule has 6 heteroatoms. The van der Waals surface area contributed by atoms with Gasteiger partial charge in [-0.3, -0.25) is 9.59 Å². The highest BCUT2D eigenvalue weighted by atomic mass is 16.5. The van der Waals surface area contributed by atoms with E-state index in [1.807, 2.05) is 61.7 Å². The molecule has 6 nitrogen and oxygen atoms in total. The number of carbonyl (C=O) groups excluding carboxylic acids is 3. The molecule has 0 aliphatic carbocycles. The van der Waals surface area contributed by atoms with E-state index in [0.29, 0.717) is 11.1 Å². The third-order valence-electron chi connectivity index (χ3n) is 6.42. The number of H-pyrrole nitrogens is 1. The van der Waals surface area contributed by atoms with Gasteiger partial charge < -0.3 is 15.0 Å². The third kappa shape index (κ3) is 6.33. The number of aromatic amines is 1. The standard InChI is InChI=1S/C31H32N2O4/c1-20-9-11-21(12-10-20)28(34)19-37-30(36)27(17-23-18-32-26-8-6-5-7-25(23)26)33-29(35)22-13-15-24(16-14-22)31(2,3)4/h5-16,18,27,32H,17,19H2,1-4H3,(H,33,35)/t27-/m0/s1. The van der Waals surface area contributed by atoms with Crippen molar-refractivity contribution < 1.29 is 19.1 Å². The van der Waals surface area contributed by atoms with Gasteiger partial charge in [-0.15, -0.1) is 0 Å². The number of aromatic nitrogens is 1. The lowest BCUT2D eigenvalue weighted by atomic mass is 9.86. The lowest BCUT2D eigenvalue weighted by Gasteiger charge is -2.20. The molecule has 0 saturated heterocycles. The first-order chi connectivity index (χ1) is 17.6. The molecule has 190 valence electrons. The number of hydrogen-bond donors (Lipinski definition) is 2. The Hall–Kier alpha value is -4.19. The van der Waals surface area contributed by atoms with Gasteiger partial charge in [0.05, 0.1) is 0 Å². The molecule has 0 saturated carbocycles. The van der Waals surface area contributed by atoms with Gasteiger partial charge in [0.2, 0.25) is 0 Å². The van der Waals surface area contributed by atoms with Gasteiger partial charge >= 0.3 is 5.97 Å². The average Bonchev–Trinajstić information content (AvgIpc) is 3.29. The largest absolute Gasteiger partial charge is 0.456 e. The minimum Gasteiger partial charge on any atom is -0.456 e. The van der Waals surface area contributed by atoms with Gasteiger partial charge in [0.25, 0.3) is 5.91 Å². The van der Waals surface area contributed by atoms with E-state index < -0.39 is 18.6 Å². The first-order valence-corrected chi connectivity index (χ1v) is 12.3. The minimum absolute atomic E-state index is 0.0410.